The molecule has 20 heavy (non-hydrogen) atoms. The Hall–Kier alpha value is -1.92. The first-order chi connectivity index (χ1) is 9.52. The van der Waals surface area contributed by atoms with Gasteiger partial charge in [-0.15, -0.1) is 0 Å². The van der Waals surface area contributed by atoms with Crippen LogP contribution in [0.2, 0.25) is 0 Å². The first kappa shape index (κ1) is 16.1. The summed E-state index contributed by atoms with van der Waals surface area (Å²) >= 11 is 0. The number of carbonyl (C=O) groups excluding carboxylic acids is 4. The zero-order valence-electron chi connectivity index (χ0n) is 11.9. The highest BCUT2D eigenvalue weighted by molar-refractivity contribution is 6.44. The number of amides is 4. The molecular weight excluding hydrogens is 264 g/mol. The normalized spacial score (nSPS) is 15.2. The van der Waals surface area contributed by atoms with Gasteiger partial charge in [-0.05, 0) is 13.3 Å². The second-order valence-corrected chi connectivity index (χ2v) is 4.50. The zero-order valence-corrected chi connectivity index (χ0v) is 11.9. The molecular formula is C13H20N2O5. The Morgan fingerprint density at radius 1 is 1.00 bits per heavy atom. The van der Waals surface area contributed by atoms with Gasteiger partial charge in [0.25, 0.3) is 0 Å². The molecule has 112 valence electrons. The van der Waals surface area contributed by atoms with Crippen LogP contribution in [0.3, 0.4) is 0 Å². The summed E-state index contributed by atoms with van der Waals surface area (Å²) in [4.78, 5) is 48.1. The van der Waals surface area contributed by atoms with Crippen LogP contribution in [0.5, 0.6) is 0 Å². The molecule has 0 aromatic rings. The maximum absolute atomic E-state index is 11.9. The van der Waals surface area contributed by atoms with Gasteiger partial charge in [0.2, 0.25) is 0 Å². The minimum absolute atomic E-state index is 0.156. The molecule has 1 rings (SSSR count). The Balaban J connectivity index is 2.58. The van der Waals surface area contributed by atoms with Crippen molar-refractivity contribution in [3.8, 4) is 0 Å². The van der Waals surface area contributed by atoms with E-state index < -0.39 is 30.4 Å². The highest BCUT2D eigenvalue weighted by Crippen LogP contribution is 2.13. The lowest BCUT2D eigenvalue weighted by molar-refractivity contribution is -0.148. The summed E-state index contributed by atoms with van der Waals surface area (Å²) in [7, 11) is 0. The highest BCUT2D eigenvalue weighted by atomic mass is 16.5. The maximum atomic E-state index is 11.9. The van der Waals surface area contributed by atoms with Crippen LogP contribution in [0, 0.1) is 0 Å². The van der Waals surface area contributed by atoms with Crippen molar-refractivity contribution >= 4 is 23.8 Å². The van der Waals surface area contributed by atoms with E-state index in [0.29, 0.717) is 11.3 Å². The zero-order chi connectivity index (χ0) is 15.1. The topological polar surface area (TPSA) is 84.0 Å². The van der Waals surface area contributed by atoms with Gasteiger partial charge in [-0.1, -0.05) is 26.2 Å². The number of carbonyl (C=O) groups is 4. The van der Waals surface area contributed by atoms with Crippen molar-refractivity contribution in [3.63, 3.8) is 0 Å². The minimum atomic E-state index is -0.960. The van der Waals surface area contributed by atoms with Crippen molar-refractivity contribution in [2.45, 2.75) is 39.5 Å². The monoisotopic (exact) mass is 284 g/mol. The number of hydrogen-bond acceptors (Lipinski definition) is 5. The number of imide groups is 2. The Morgan fingerprint density at radius 3 is 2.25 bits per heavy atom. The van der Waals surface area contributed by atoms with Gasteiger partial charge in [0.15, 0.2) is 0 Å². The lowest BCUT2D eigenvalue weighted by atomic mass is 10.2. The van der Waals surface area contributed by atoms with Crippen LogP contribution in [-0.4, -0.2) is 53.3 Å². The molecule has 0 atom stereocenters. The molecule has 1 heterocycles. The van der Waals surface area contributed by atoms with E-state index in [1.807, 2.05) is 0 Å². The van der Waals surface area contributed by atoms with Crippen LogP contribution in [0.1, 0.15) is 39.5 Å². The first-order valence-electron chi connectivity index (χ1n) is 6.85. The number of esters is 1. The van der Waals surface area contributed by atoms with Crippen LogP contribution in [0.15, 0.2) is 0 Å². The van der Waals surface area contributed by atoms with E-state index >= 15 is 0 Å². The highest BCUT2D eigenvalue weighted by Gasteiger charge is 2.44. The summed E-state index contributed by atoms with van der Waals surface area (Å²) < 4.78 is 4.67. The fourth-order valence-electron chi connectivity index (χ4n) is 1.92. The number of nitrogens with zero attached hydrogens (tertiary/aromatic N) is 2. The van der Waals surface area contributed by atoms with Crippen LogP contribution in [0.25, 0.3) is 0 Å². The smallest absolute Gasteiger partial charge is 0.334 e. The van der Waals surface area contributed by atoms with Gasteiger partial charge in [0.1, 0.15) is 6.54 Å². The molecule has 1 fully saturated rings. The number of ether oxygens (including phenoxy) is 1. The molecule has 0 aliphatic carbocycles. The average molecular weight is 284 g/mol. The van der Waals surface area contributed by atoms with E-state index in [2.05, 4.69) is 11.7 Å². The van der Waals surface area contributed by atoms with Crippen molar-refractivity contribution in [1.29, 1.82) is 0 Å². The summed E-state index contributed by atoms with van der Waals surface area (Å²) in [6.45, 7) is 3.53. The van der Waals surface area contributed by atoms with E-state index in [4.69, 9.17) is 0 Å². The van der Waals surface area contributed by atoms with Gasteiger partial charge in [0.05, 0.1) is 6.61 Å². The van der Waals surface area contributed by atoms with Gasteiger partial charge in [-0.3, -0.25) is 19.3 Å². The van der Waals surface area contributed by atoms with E-state index in [1.165, 1.54) is 0 Å². The Bertz CT molecular complexity index is 408. The Morgan fingerprint density at radius 2 is 1.65 bits per heavy atom. The number of unbranched alkanes of at least 4 members (excludes halogenated alkanes) is 3. The lowest BCUT2D eigenvalue weighted by Gasteiger charge is -2.14. The van der Waals surface area contributed by atoms with Gasteiger partial charge in [0, 0.05) is 6.54 Å². The number of hydrogen-bond donors (Lipinski definition) is 0. The van der Waals surface area contributed by atoms with Crippen LogP contribution in [0.4, 0.5) is 4.79 Å². The first-order valence-corrected chi connectivity index (χ1v) is 6.85. The summed E-state index contributed by atoms with van der Waals surface area (Å²) in [5.74, 6) is -2.52. The van der Waals surface area contributed by atoms with E-state index in [0.717, 1.165) is 24.2 Å². The van der Waals surface area contributed by atoms with E-state index in [9.17, 15) is 19.2 Å². The van der Waals surface area contributed by atoms with Crippen LogP contribution in [-0.2, 0) is 19.1 Å². The molecule has 0 aromatic carbocycles. The maximum Gasteiger partial charge on any atom is 0.334 e. The summed E-state index contributed by atoms with van der Waals surface area (Å²) in [5, 5.41) is 0. The van der Waals surface area contributed by atoms with Gasteiger partial charge < -0.3 is 4.74 Å². The van der Waals surface area contributed by atoms with E-state index in [1.54, 1.807) is 6.92 Å². The molecule has 7 heteroatoms. The Kier molecular flexibility index (Phi) is 6.14. The molecule has 0 unspecified atom stereocenters. The molecule has 1 saturated heterocycles. The molecule has 0 aromatic heterocycles. The predicted octanol–water partition coefficient (Wildman–Crippen LogP) is 0.921. The third-order valence-electron chi connectivity index (χ3n) is 2.96. The van der Waals surface area contributed by atoms with Crippen LogP contribution >= 0.6 is 0 Å². The standard InChI is InChI=1S/C13H20N2O5/c1-3-5-6-7-8-14-11(17)12(18)15(13(14)19)9-10(16)20-4-2/h3-9H2,1-2H3. The second kappa shape index (κ2) is 7.62. The molecule has 4 amide bonds. The fourth-order valence-corrected chi connectivity index (χ4v) is 1.92. The molecule has 0 bridgehead atoms. The average Bonchev–Trinajstić information content (AvgIpc) is 2.61. The second-order valence-electron chi connectivity index (χ2n) is 4.50. The fraction of sp³-hybridized carbons (Fsp3) is 0.692. The molecule has 0 spiro atoms. The van der Waals surface area contributed by atoms with Crippen LogP contribution < -0.4 is 0 Å². The summed E-state index contributed by atoms with van der Waals surface area (Å²) in [6, 6.07) is -0.732. The number of rotatable bonds is 8. The van der Waals surface area contributed by atoms with Crippen molar-refractivity contribution in [2.24, 2.45) is 0 Å². The molecule has 0 radical (unpaired) electrons. The molecule has 0 saturated carbocycles. The van der Waals surface area contributed by atoms with E-state index in [-0.39, 0.29) is 13.2 Å². The molecule has 0 N–H and O–H groups in total. The SMILES string of the molecule is CCCCCCN1C(=O)C(=O)N(CC(=O)OCC)C1=O. The molecule has 1 aliphatic heterocycles. The minimum Gasteiger partial charge on any atom is -0.465 e. The summed E-state index contributed by atoms with van der Waals surface area (Å²) in [6.07, 6.45) is 3.60. The largest absolute Gasteiger partial charge is 0.465 e. The third kappa shape index (κ3) is 3.79. The lowest BCUT2D eigenvalue weighted by Crippen LogP contribution is -2.37. The predicted molar refractivity (Wildman–Crippen MR) is 69.6 cm³/mol. The third-order valence-corrected chi connectivity index (χ3v) is 2.96. The van der Waals surface area contributed by atoms with Crippen molar-refractivity contribution in [3.05, 3.63) is 0 Å². The van der Waals surface area contributed by atoms with Gasteiger partial charge in [-0.25, -0.2) is 9.69 Å². The van der Waals surface area contributed by atoms with Gasteiger partial charge in [-0.2, -0.15) is 0 Å². The quantitative estimate of drug-likeness (QED) is 0.286. The van der Waals surface area contributed by atoms with Crippen molar-refractivity contribution < 1.29 is 23.9 Å². The molecule has 7 nitrogen and oxygen atoms in total. The van der Waals surface area contributed by atoms with Crippen molar-refractivity contribution in [1.82, 2.24) is 9.80 Å². The van der Waals surface area contributed by atoms with Gasteiger partial charge >= 0.3 is 23.8 Å². The van der Waals surface area contributed by atoms with Crippen molar-refractivity contribution in [2.75, 3.05) is 19.7 Å². The molecule has 1 aliphatic rings. The number of urea groups is 1. The Labute approximate surface area is 117 Å². The summed E-state index contributed by atoms with van der Waals surface area (Å²) in [5.41, 5.74) is 0.